The fourth-order valence-corrected chi connectivity index (χ4v) is 4.40. The Balaban J connectivity index is 2.02. The van der Waals surface area contributed by atoms with Crippen LogP contribution in [0.4, 0.5) is 5.69 Å². The Morgan fingerprint density at radius 1 is 1.10 bits per heavy atom. The lowest BCUT2D eigenvalue weighted by atomic mass is 10.1. The highest BCUT2D eigenvalue weighted by atomic mass is 35.5. The molecule has 1 atom stereocenters. The molecule has 1 amide bonds. The smallest absolute Gasteiger partial charge is 0.243 e. The van der Waals surface area contributed by atoms with E-state index in [1.165, 1.54) is 25.1 Å². The molecule has 0 saturated heterocycles. The molecular formula is C20H24Cl2N2O4S. The summed E-state index contributed by atoms with van der Waals surface area (Å²) >= 11 is 11.9. The molecule has 0 fully saturated rings. The zero-order valence-electron chi connectivity index (χ0n) is 16.7. The number of aryl methyl sites for hydroxylation is 2. The number of benzene rings is 2. The Morgan fingerprint density at radius 2 is 1.72 bits per heavy atom. The van der Waals surface area contributed by atoms with Gasteiger partial charge >= 0.3 is 0 Å². The first-order chi connectivity index (χ1) is 13.5. The van der Waals surface area contributed by atoms with Crippen molar-refractivity contribution in [3.63, 3.8) is 0 Å². The molecule has 29 heavy (non-hydrogen) atoms. The van der Waals surface area contributed by atoms with Gasteiger partial charge in [-0.15, -0.1) is 0 Å². The molecule has 2 aromatic rings. The highest BCUT2D eigenvalue weighted by Crippen LogP contribution is 2.29. The number of nitrogens with zero attached hydrogens (tertiary/aromatic N) is 1. The average Bonchev–Trinajstić information content (AvgIpc) is 2.59. The van der Waals surface area contributed by atoms with E-state index in [1.54, 1.807) is 0 Å². The van der Waals surface area contributed by atoms with Gasteiger partial charge in [0.2, 0.25) is 15.9 Å². The number of carbonyl (C=O) groups is 1. The molecule has 0 aliphatic carbocycles. The van der Waals surface area contributed by atoms with Crippen molar-refractivity contribution in [3.05, 3.63) is 57.6 Å². The van der Waals surface area contributed by atoms with Crippen molar-refractivity contribution in [1.29, 1.82) is 0 Å². The molecule has 2 aromatic carbocycles. The maximum Gasteiger partial charge on any atom is 0.243 e. The standard InChI is InChI=1S/C20H24Cl2N2O4S/c1-13-9-14(2)11-17(10-13)28-8-7-23-20(25)15(3)24(29(4,26)27)16-5-6-18(21)19(22)12-16/h5-6,9-12,15H,7-8H2,1-4H3,(H,23,25)/t15-/m0/s1. The summed E-state index contributed by atoms with van der Waals surface area (Å²) in [5.41, 5.74) is 2.43. The number of hydrogen-bond donors (Lipinski definition) is 1. The molecule has 6 nitrogen and oxygen atoms in total. The summed E-state index contributed by atoms with van der Waals surface area (Å²) in [5.74, 6) is 0.267. The fraction of sp³-hybridized carbons (Fsp3) is 0.350. The van der Waals surface area contributed by atoms with E-state index < -0.39 is 22.0 Å². The summed E-state index contributed by atoms with van der Waals surface area (Å²) in [4.78, 5) is 12.5. The van der Waals surface area contributed by atoms with Gasteiger partial charge in [-0.25, -0.2) is 8.42 Å². The first kappa shape index (κ1) is 23.3. The summed E-state index contributed by atoms with van der Waals surface area (Å²) < 4.78 is 31.3. The monoisotopic (exact) mass is 458 g/mol. The van der Waals surface area contributed by atoms with Crippen molar-refractivity contribution in [2.24, 2.45) is 0 Å². The van der Waals surface area contributed by atoms with E-state index >= 15 is 0 Å². The third-order valence-electron chi connectivity index (χ3n) is 4.11. The Hall–Kier alpha value is -1.96. The van der Waals surface area contributed by atoms with E-state index in [9.17, 15) is 13.2 Å². The molecule has 0 radical (unpaired) electrons. The van der Waals surface area contributed by atoms with Crippen LogP contribution < -0.4 is 14.4 Å². The minimum atomic E-state index is -3.74. The van der Waals surface area contributed by atoms with Crippen molar-refractivity contribution in [2.75, 3.05) is 23.7 Å². The normalized spacial score (nSPS) is 12.3. The van der Waals surface area contributed by atoms with Gasteiger partial charge in [0.15, 0.2) is 0 Å². The third-order valence-corrected chi connectivity index (χ3v) is 6.09. The summed E-state index contributed by atoms with van der Waals surface area (Å²) in [6, 6.07) is 9.28. The second-order valence-corrected chi connectivity index (χ2v) is 9.47. The van der Waals surface area contributed by atoms with Crippen molar-refractivity contribution < 1.29 is 17.9 Å². The highest BCUT2D eigenvalue weighted by Gasteiger charge is 2.29. The van der Waals surface area contributed by atoms with E-state index in [2.05, 4.69) is 5.32 Å². The van der Waals surface area contributed by atoms with Crippen LogP contribution in [0.15, 0.2) is 36.4 Å². The predicted molar refractivity (Wildman–Crippen MR) is 118 cm³/mol. The molecule has 0 unspecified atom stereocenters. The average molecular weight is 459 g/mol. The summed E-state index contributed by atoms with van der Waals surface area (Å²) in [6.45, 7) is 5.95. The first-order valence-electron chi connectivity index (χ1n) is 8.92. The summed E-state index contributed by atoms with van der Waals surface area (Å²) in [7, 11) is -3.74. The lowest BCUT2D eigenvalue weighted by molar-refractivity contribution is -0.121. The Morgan fingerprint density at radius 3 is 2.28 bits per heavy atom. The number of amides is 1. The minimum absolute atomic E-state index is 0.201. The van der Waals surface area contributed by atoms with Crippen LogP contribution in [-0.2, 0) is 14.8 Å². The maximum absolute atomic E-state index is 12.5. The quantitative estimate of drug-likeness (QED) is 0.607. The molecular weight excluding hydrogens is 435 g/mol. The van der Waals surface area contributed by atoms with Crippen molar-refractivity contribution >= 4 is 44.8 Å². The second kappa shape index (κ2) is 9.69. The van der Waals surface area contributed by atoms with Crippen LogP contribution >= 0.6 is 23.2 Å². The predicted octanol–water partition coefficient (Wildman–Crippen LogP) is 3.96. The molecule has 0 heterocycles. The number of carbonyl (C=O) groups excluding carboxylic acids is 1. The van der Waals surface area contributed by atoms with Crippen LogP contribution in [0, 0.1) is 13.8 Å². The van der Waals surface area contributed by atoms with Crippen LogP contribution in [0.2, 0.25) is 10.0 Å². The van der Waals surface area contributed by atoms with Crippen LogP contribution in [0.5, 0.6) is 5.75 Å². The van der Waals surface area contributed by atoms with Gasteiger partial charge in [-0.3, -0.25) is 9.10 Å². The number of anilines is 1. The van der Waals surface area contributed by atoms with E-state index in [-0.39, 0.29) is 23.9 Å². The topological polar surface area (TPSA) is 75.7 Å². The van der Waals surface area contributed by atoms with Crippen molar-refractivity contribution in [2.45, 2.75) is 26.8 Å². The number of halogens is 2. The van der Waals surface area contributed by atoms with Gasteiger partial charge in [0.1, 0.15) is 18.4 Å². The van der Waals surface area contributed by atoms with Crippen LogP contribution in [0.25, 0.3) is 0 Å². The summed E-state index contributed by atoms with van der Waals surface area (Å²) in [6.07, 6.45) is 1.03. The van der Waals surface area contributed by atoms with E-state index in [0.717, 1.165) is 27.4 Å². The van der Waals surface area contributed by atoms with E-state index in [1.807, 2.05) is 32.0 Å². The molecule has 2 rings (SSSR count). The number of hydrogen-bond acceptors (Lipinski definition) is 4. The van der Waals surface area contributed by atoms with Gasteiger partial charge in [-0.1, -0.05) is 29.3 Å². The van der Waals surface area contributed by atoms with Gasteiger partial charge < -0.3 is 10.1 Å². The van der Waals surface area contributed by atoms with Gasteiger partial charge in [0, 0.05) is 0 Å². The first-order valence-corrected chi connectivity index (χ1v) is 11.5. The lowest BCUT2D eigenvalue weighted by Gasteiger charge is -2.28. The van der Waals surface area contributed by atoms with Crippen molar-refractivity contribution in [3.8, 4) is 5.75 Å². The number of nitrogens with one attached hydrogen (secondary N) is 1. The fourth-order valence-electron chi connectivity index (χ4n) is 2.94. The molecule has 158 valence electrons. The Labute approximate surface area is 181 Å². The van der Waals surface area contributed by atoms with Gasteiger partial charge in [-0.05, 0) is 62.2 Å². The molecule has 0 spiro atoms. The van der Waals surface area contributed by atoms with Gasteiger partial charge in [0.05, 0.1) is 28.5 Å². The zero-order chi connectivity index (χ0) is 21.8. The molecule has 0 aliphatic heterocycles. The highest BCUT2D eigenvalue weighted by molar-refractivity contribution is 7.92. The number of sulfonamides is 1. The maximum atomic E-state index is 12.5. The van der Waals surface area contributed by atoms with Crippen molar-refractivity contribution in [1.82, 2.24) is 5.32 Å². The minimum Gasteiger partial charge on any atom is -0.492 e. The Bertz CT molecular complexity index is 976. The Kier molecular flexibility index (Phi) is 7.80. The van der Waals surface area contributed by atoms with E-state index in [4.69, 9.17) is 27.9 Å². The molecule has 0 bridgehead atoms. The number of rotatable bonds is 8. The van der Waals surface area contributed by atoms with E-state index in [0.29, 0.717) is 5.02 Å². The molecule has 0 aromatic heterocycles. The van der Waals surface area contributed by atoms with Crippen LogP contribution in [0.3, 0.4) is 0 Å². The van der Waals surface area contributed by atoms with Gasteiger partial charge in [0.25, 0.3) is 0 Å². The number of ether oxygens (including phenoxy) is 1. The van der Waals surface area contributed by atoms with Crippen LogP contribution in [-0.4, -0.2) is 39.8 Å². The van der Waals surface area contributed by atoms with Gasteiger partial charge in [-0.2, -0.15) is 0 Å². The van der Waals surface area contributed by atoms with Crippen LogP contribution in [0.1, 0.15) is 18.1 Å². The largest absolute Gasteiger partial charge is 0.492 e. The second-order valence-electron chi connectivity index (χ2n) is 6.80. The lowest BCUT2D eigenvalue weighted by Crippen LogP contribution is -2.48. The molecule has 0 saturated carbocycles. The third kappa shape index (κ3) is 6.52. The molecule has 9 heteroatoms. The molecule has 0 aliphatic rings. The summed E-state index contributed by atoms with van der Waals surface area (Å²) in [5, 5.41) is 3.20. The SMILES string of the molecule is Cc1cc(C)cc(OCCNC(=O)[C@H](C)N(c2ccc(Cl)c(Cl)c2)S(C)(=O)=O)c1. The molecule has 1 N–H and O–H groups in total. The zero-order valence-corrected chi connectivity index (χ0v) is 19.0.